The summed E-state index contributed by atoms with van der Waals surface area (Å²) in [5.74, 6) is 0.909. The van der Waals surface area contributed by atoms with Crippen molar-refractivity contribution < 1.29 is 4.79 Å². The number of carbonyl (C=O) groups excluding carboxylic acids is 1. The first-order valence-electron chi connectivity index (χ1n) is 7.83. The molecule has 0 aliphatic carbocycles. The third kappa shape index (κ3) is 5.79. The second kappa shape index (κ2) is 9.11. The van der Waals surface area contributed by atoms with Crippen molar-refractivity contribution in [3.63, 3.8) is 0 Å². The van der Waals surface area contributed by atoms with Crippen LogP contribution in [0.15, 0.2) is 45.9 Å². The number of thioether (sulfide) groups is 2. The van der Waals surface area contributed by atoms with Gasteiger partial charge in [0.05, 0.1) is 5.75 Å². The maximum atomic E-state index is 12.1. The molecule has 6 nitrogen and oxygen atoms in total. The number of carbonyl (C=O) groups is 1. The molecule has 0 aliphatic heterocycles. The van der Waals surface area contributed by atoms with Crippen LogP contribution in [0.3, 0.4) is 0 Å². The molecule has 0 radical (unpaired) electrons. The Labute approximate surface area is 164 Å². The predicted molar refractivity (Wildman–Crippen MR) is 107 cm³/mol. The third-order valence-electron chi connectivity index (χ3n) is 3.15. The molecule has 26 heavy (non-hydrogen) atoms. The van der Waals surface area contributed by atoms with Crippen molar-refractivity contribution in [1.82, 2.24) is 20.2 Å². The van der Waals surface area contributed by atoms with E-state index in [4.69, 9.17) is 0 Å². The summed E-state index contributed by atoms with van der Waals surface area (Å²) in [4.78, 5) is 20.7. The molecule has 1 amide bonds. The fourth-order valence-electron chi connectivity index (χ4n) is 2.08. The van der Waals surface area contributed by atoms with Crippen molar-refractivity contribution in [3.8, 4) is 0 Å². The summed E-state index contributed by atoms with van der Waals surface area (Å²) in [6.45, 7) is 3.82. The number of hydrogen-bond acceptors (Lipinski definition) is 8. The van der Waals surface area contributed by atoms with E-state index in [0.29, 0.717) is 10.3 Å². The van der Waals surface area contributed by atoms with Gasteiger partial charge in [0.15, 0.2) is 9.50 Å². The standard InChI is InChI=1S/C17H17N5OS3/c1-11-8-12(2)19-15(18-11)24-10-14(23)20-16-21-22-17(26-16)25-9-13-6-4-3-5-7-13/h3-8H,9-10H2,1-2H3,(H,20,21,23). The summed E-state index contributed by atoms with van der Waals surface area (Å²) in [7, 11) is 0. The highest BCUT2D eigenvalue weighted by molar-refractivity contribution is 8.00. The highest BCUT2D eigenvalue weighted by Gasteiger charge is 2.10. The van der Waals surface area contributed by atoms with E-state index in [1.807, 2.05) is 38.1 Å². The molecule has 2 heterocycles. The normalized spacial score (nSPS) is 10.7. The summed E-state index contributed by atoms with van der Waals surface area (Å²) in [6, 6.07) is 12.1. The van der Waals surface area contributed by atoms with Crippen LogP contribution in [0.2, 0.25) is 0 Å². The molecule has 3 rings (SSSR count). The number of hydrogen-bond donors (Lipinski definition) is 1. The van der Waals surface area contributed by atoms with E-state index < -0.39 is 0 Å². The maximum Gasteiger partial charge on any atom is 0.236 e. The van der Waals surface area contributed by atoms with Gasteiger partial charge in [-0.25, -0.2) is 9.97 Å². The summed E-state index contributed by atoms with van der Waals surface area (Å²) in [5.41, 5.74) is 3.01. The monoisotopic (exact) mass is 403 g/mol. The molecule has 0 saturated carbocycles. The van der Waals surface area contributed by atoms with E-state index in [1.54, 1.807) is 11.8 Å². The lowest BCUT2D eigenvalue weighted by Gasteiger charge is -2.02. The molecular formula is C17H17N5OS3. The summed E-state index contributed by atoms with van der Waals surface area (Å²) >= 11 is 4.29. The third-order valence-corrected chi connectivity index (χ3v) is 6.04. The van der Waals surface area contributed by atoms with Crippen LogP contribution < -0.4 is 5.32 Å². The minimum absolute atomic E-state index is 0.145. The van der Waals surface area contributed by atoms with Crippen LogP contribution in [0.4, 0.5) is 5.13 Å². The van der Waals surface area contributed by atoms with Gasteiger partial charge in [0, 0.05) is 17.1 Å². The summed E-state index contributed by atoms with van der Waals surface area (Å²) in [6.07, 6.45) is 0. The topological polar surface area (TPSA) is 80.7 Å². The number of rotatable bonds is 7. The molecule has 3 aromatic rings. The lowest BCUT2D eigenvalue weighted by molar-refractivity contribution is -0.113. The second-order valence-corrected chi connectivity index (χ2v) is 8.56. The predicted octanol–water partition coefficient (Wildman–Crippen LogP) is 3.97. The summed E-state index contributed by atoms with van der Waals surface area (Å²) in [5, 5.41) is 12.0. The van der Waals surface area contributed by atoms with Gasteiger partial charge in [0.25, 0.3) is 0 Å². The molecule has 134 valence electrons. The molecule has 0 saturated heterocycles. The Morgan fingerprint density at radius 3 is 2.54 bits per heavy atom. The quantitative estimate of drug-likeness (QED) is 0.363. The van der Waals surface area contributed by atoms with E-state index in [0.717, 1.165) is 21.5 Å². The van der Waals surface area contributed by atoms with Gasteiger partial charge in [-0.15, -0.1) is 10.2 Å². The Kier molecular flexibility index (Phi) is 6.59. The van der Waals surface area contributed by atoms with Crippen LogP contribution in [0.25, 0.3) is 0 Å². The van der Waals surface area contributed by atoms with Gasteiger partial charge in [-0.05, 0) is 25.5 Å². The molecule has 2 aromatic heterocycles. The zero-order valence-electron chi connectivity index (χ0n) is 14.3. The van der Waals surface area contributed by atoms with Gasteiger partial charge >= 0.3 is 0 Å². The van der Waals surface area contributed by atoms with Crippen molar-refractivity contribution in [2.24, 2.45) is 0 Å². The van der Waals surface area contributed by atoms with Crippen molar-refractivity contribution in [2.45, 2.75) is 29.1 Å². The Bertz CT molecular complexity index is 865. The number of amides is 1. The van der Waals surface area contributed by atoms with Gasteiger partial charge < -0.3 is 0 Å². The molecule has 9 heteroatoms. The van der Waals surface area contributed by atoms with Gasteiger partial charge in [-0.1, -0.05) is 65.2 Å². The van der Waals surface area contributed by atoms with E-state index in [1.165, 1.54) is 28.7 Å². The molecule has 0 unspecified atom stereocenters. The highest BCUT2D eigenvalue weighted by atomic mass is 32.2. The molecule has 1 aromatic carbocycles. The van der Waals surface area contributed by atoms with Crippen LogP contribution in [0, 0.1) is 13.8 Å². The van der Waals surface area contributed by atoms with Crippen molar-refractivity contribution in [1.29, 1.82) is 0 Å². The maximum absolute atomic E-state index is 12.1. The fourth-order valence-corrected chi connectivity index (χ4v) is 4.55. The molecule has 1 N–H and O–H groups in total. The van der Waals surface area contributed by atoms with Gasteiger partial charge in [-0.3, -0.25) is 10.1 Å². The van der Waals surface area contributed by atoms with E-state index in [-0.39, 0.29) is 11.7 Å². The fraction of sp³-hybridized carbons (Fsp3) is 0.235. The smallest absolute Gasteiger partial charge is 0.236 e. The van der Waals surface area contributed by atoms with Crippen LogP contribution >= 0.6 is 34.9 Å². The van der Waals surface area contributed by atoms with Gasteiger partial charge in [0.2, 0.25) is 11.0 Å². The van der Waals surface area contributed by atoms with Crippen LogP contribution in [-0.2, 0) is 10.5 Å². The van der Waals surface area contributed by atoms with Crippen molar-refractivity contribution in [3.05, 3.63) is 53.3 Å². The first-order chi connectivity index (χ1) is 12.6. The molecule has 0 fully saturated rings. The zero-order chi connectivity index (χ0) is 18.4. The second-order valence-electron chi connectivity index (χ2n) is 5.42. The SMILES string of the molecule is Cc1cc(C)nc(SCC(=O)Nc2nnc(SCc3ccccc3)s2)n1. The molecule has 0 spiro atoms. The van der Waals surface area contributed by atoms with Crippen LogP contribution in [0.1, 0.15) is 17.0 Å². The molecule has 0 aliphatic rings. The zero-order valence-corrected chi connectivity index (χ0v) is 16.7. The Balaban J connectivity index is 1.48. The Morgan fingerprint density at radius 2 is 1.81 bits per heavy atom. The highest BCUT2D eigenvalue weighted by Crippen LogP contribution is 2.28. The van der Waals surface area contributed by atoms with E-state index >= 15 is 0 Å². The number of nitrogens with one attached hydrogen (secondary N) is 1. The number of nitrogens with zero attached hydrogens (tertiary/aromatic N) is 4. The minimum Gasteiger partial charge on any atom is -0.300 e. The first kappa shape index (κ1) is 18.8. The molecule has 0 bridgehead atoms. The van der Waals surface area contributed by atoms with Crippen molar-refractivity contribution in [2.75, 3.05) is 11.1 Å². The lowest BCUT2D eigenvalue weighted by atomic mass is 10.2. The lowest BCUT2D eigenvalue weighted by Crippen LogP contribution is -2.14. The van der Waals surface area contributed by atoms with E-state index in [2.05, 4.69) is 37.6 Å². The van der Waals surface area contributed by atoms with Gasteiger partial charge in [0.1, 0.15) is 0 Å². The van der Waals surface area contributed by atoms with E-state index in [9.17, 15) is 4.79 Å². The average molecular weight is 404 g/mol. The van der Waals surface area contributed by atoms with Crippen LogP contribution in [-0.4, -0.2) is 31.8 Å². The van der Waals surface area contributed by atoms with Crippen LogP contribution in [0.5, 0.6) is 0 Å². The average Bonchev–Trinajstić information content (AvgIpc) is 3.06. The Hall–Kier alpha value is -1.97. The Morgan fingerprint density at radius 1 is 1.08 bits per heavy atom. The largest absolute Gasteiger partial charge is 0.300 e. The number of aromatic nitrogens is 4. The van der Waals surface area contributed by atoms with Crippen molar-refractivity contribution >= 4 is 45.9 Å². The number of aryl methyl sites for hydroxylation is 2. The van der Waals surface area contributed by atoms with Gasteiger partial charge in [-0.2, -0.15) is 0 Å². The molecule has 0 atom stereocenters. The first-order valence-corrected chi connectivity index (χ1v) is 10.6. The summed E-state index contributed by atoms with van der Waals surface area (Å²) < 4.78 is 0.828. The molecular weight excluding hydrogens is 386 g/mol. The minimum atomic E-state index is -0.145. The number of benzene rings is 1. The number of anilines is 1.